The van der Waals surface area contributed by atoms with Crippen LogP contribution in [0.25, 0.3) is 0 Å². The molecule has 0 aliphatic carbocycles. The van der Waals surface area contributed by atoms with Crippen LogP contribution in [-0.2, 0) is 63.7 Å². The summed E-state index contributed by atoms with van der Waals surface area (Å²) in [5.74, 6) is 0. The van der Waals surface area contributed by atoms with E-state index in [1.165, 1.54) is 14.2 Å². The summed E-state index contributed by atoms with van der Waals surface area (Å²) in [6.45, 7) is 1.56. The molecule has 4 aromatic rings. The van der Waals surface area contributed by atoms with Crippen molar-refractivity contribution in [2.75, 3.05) is 27.0 Å². The molecule has 0 spiro atoms. The van der Waals surface area contributed by atoms with Crippen molar-refractivity contribution in [1.82, 2.24) is 0 Å². The average Bonchev–Trinajstić information content (AvgIpc) is 3.11. The third kappa shape index (κ3) is 9.91. The van der Waals surface area contributed by atoms with Crippen LogP contribution in [0, 0.1) is 0 Å². The molecule has 1 fully saturated rings. The van der Waals surface area contributed by atoms with Gasteiger partial charge in [-0.2, -0.15) is 0 Å². The lowest BCUT2D eigenvalue weighted by Crippen LogP contribution is -2.62. The predicted molar refractivity (Wildman–Crippen MR) is 176 cm³/mol. The smallest absolute Gasteiger partial charge is 0.332 e. The van der Waals surface area contributed by atoms with Crippen LogP contribution in [-0.4, -0.2) is 57.5 Å². The highest BCUT2D eigenvalue weighted by atomic mass is 31.2. The second-order valence-electron chi connectivity index (χ2n) is 11.2. The summed E-state index contributed by atoms with van der Waals surface area (Å²) < 4.78 is 57.2. The summed E-state index contributed by atoms with van der Waals surface area (Å²) >= 11 is 0. The first-order valence-electron chi connectivity index (χ1n) is 15.5. The summed E-state index contributed by atoms with van der Waals surface area (Å²) in [5, 5.41) is 0. The van der Waals surface area contributed by atoms with E-state index < -0.39 is 38.1 Å². The van der Waals surface area contributed by atoms with Gasteiger partial charge in [0.25, 0.3) is 0 Å². The fourth-order valence-electron chi connectivity index (χ4n) is 5.48. The number of rotatable bonds is 17. The van der Waals surface area contributed by atoms with Gasteiger partial charge in [-0.1, -0.05) is 121 Å². The molecule has 1 aliphatic heterocycles. The van der Waals surface area contributed by atoms with E-state index in [0.717, 1.165) is 22.3 Å². The van der Waals surface area contributed by atoms with Gasteiger partial charge in [0.1, 0.15) is 24.4 Å². The predicted octanol–water partition coefficient (Wildman–Crippen LogP) is 7.21. The van der Waals surface area contributed by atoms with Gasteiger partial charge in [-0.05, 0) is 22.3 Å². The van der Waals surface area contributed by atoms with Crippen molar-refractivity contribution in [2.24, 2.45) is 0 Å². The molecule has 0 bridgehead atoms. The molecule has 1 heterocycles. The summed E-state index contributed by atoms with van der Waals surface area (Å²) in [5.41, 5.74) is 4.05. The van der Waals surface area contributed by atoms with Crippen LogP contribution in [0.15, 0.2) is 121 Å². The van der Waals surface area contributed by atoms with Gasteiger partial charge in [-0.3, -0.25) is 4.57 Å². The van der Waals surface area contributed by atoms with Crippen LogP contribution in [0.4, 0.5) is 0 Å². The lowest BCUT2D eigenvalue weighted by atomic mass is 9.94. The highest BCUT2D eigenvalue weighted by Gasteiger charge is 2.50. The lowest BCUT2D eigenvalue weighted by Gasteiger charge is -2.46. The van der Waals surface area contributed by atoms with Crippen molar-refractivity contribution < 1.29 is 37.3 Å². The van der Waals surface area contributed by atoms with E-state index >= 15 is 0 Å². The fourth-order valence-corrected chi connectivity index (χ4v) is 6.66. The Kier molecular flexibility index (Phi) is 13.1. The summed E-state index contributed by atoms with van der Waals surface area (Å²) in [7, 11) is -0.756. The van der Waals surface area contributed by atoms with Crippen LogP contribution in [0.2, 0.25) is 0 Å². The topological polar surface area (TPSA) is 81.7 Å². The third-order valence-corrected chi connectivity index (χ3v) is 9.86. The largest absolute Gasteiger partial charge is 0.374 e. The summed E-state index contributed by atoms with van der Waals surface area (Å²) in [6.07, 6.45) is -3.19. The maximum atomic E-state index is 13.5. The molecule has 0 N–H and O–H groups in total. The average molecular weight is 647 g/mol. The molecule has 4 aromatic carbocycles. The van der Waals surface area contributed by atoms with Gasteiger partial charge in [0, 0.05) is 14.2 Å². The molecule has 9 heteroatoms. The van der Waals surface area contributed by atoms with Crippen LogP contribution in [0.1, 0.15) is 22.3 Å². The number of hydrogen-bond acceptors (Lipinski definition) is 8. The number of ether oxygens (including phenoxy) is 5. The SMILES string of the molecule is COP(=O)(C[C@@H]1O[C@H](COCc2ccccc2)[C@H](OCc2ccccc2)[C@H](OCc2ccccc2)[C@H]1OCc1ccccc1)OC. The van der Waals surface area contributed by atoms with Crippen molar-refractivity contribution in [3.63, 3.8) is 0 Å². The maximum absolute atomic E-state index is 13.5. The molecule has 0 radical (unpaired) electrons. The highest BCUT2D eigenvalue weighted by molar-refractivity contribution is 7.53. The van der Waals surface area contributed by atoms with E-state index in [1.807, 2.05) is 121 Å². The Morgan fingerprint density at radius 3 is 1.30 bits per heavy atom. The Morgan fingerprint density at radius 1 is 0.522 bits per heavy atom. The molecule has 0 unspecified atom stereocenters. The highest BCUT2D eigenvalue weighted by Crippen LogP contribution is 2.49. The summed E-state index contributed by atoms with van der Waals surface area (Å²) in [4.78, 5) is 0. The Labute approximate surface area is 272 Å². The zero-order valence-corrected chi connectivity index (χ0v) is 27.3. The first kappa shape index (κ1) is 34.2. The van der Waals surface area contributed by atoms with Gasteiger partial charge < -0.3 is 32.7 Å². The minimum absolute atomic E-state index is 0.0365. The van der Waals surface area contributed by atoms with E-state index in [0.29, 0.717) is 26.4 Å². The van der Waals surface area contributed by atoms with Crippen molar-refractivity contribution in [3.8, 4) is 0 Å². The molecular weight excluding hydrogens is 603 g/mol. The van der Waals surface area contributed by atoms with Gasteiger partial charge in [-0.25, -0.2) is 0 Å². The monoisotopic (exact) mass is 646 g/mol. The van der Waals surface area contributed by atoms with E-state index in [-0.39, 0.29) is 12.8 Å². The second-order valence-corrected chi connectivity index (χ2v) is 13.5. The molecule has 1 aliphatic rings. The third-order valence-electron chi connectivity index (χ3n) is 7.94. The van der Waals surface area contributed by atoms with Crippen molar-refractivity contribution in [2.45, 2.75) is 56.9 Å². The molecule has 244 valence electrons. The molecular formula is C37H43O8P. The summed E-state index contributed by atoms with van der Waals surface area (Å²) in [6, 6.07) is 39.8. The van der Waals surface area contributed by atoms with E-state index in [1.54, 1.807) is 0 Å². The van der Waals surface area contributed by atoms with Gasteiger partial charge in [0.05, 0.1) is 45.3 Å². The van der Waals surface area contributed by atoms with Gasteiger partial charge in [0.15, 0.2) is 0 Å². The zero-order valence-electron chi connectivity index (χ0n) is 26.4. The molecule has 5 rings (SSSR count). The number of hydrogen-bond donors (Lipinski definition) is 0. The lowest BCUT2D eigenvalue weighted by molar-refractivity contribution is -0.268. The Balaban J connectivity index is 1.47. The first-order chi connectivity index (χ1) is 22.6. The molecule has 0 amide bonds. The molecule has 46 heavy (non-hydrogen) atoms. The van der Waals surface area contributed by atoms with E-state index in [2.05, 4.69) is 0 Å². The normalized spacial score (nSPS) is 21.7. The van der Waals surface area contributed by atoms with Crippen LogP contribution in [0.3, 0.4) is 0 Å². The molecule has 5 atom stereocenters. The molecule has 0 saturated carbocycles. The van der Waals surface area contributed by atoms with Gasteiger partial charge in [0.2, 0.25) is 0 Å². The van der Waals surface area contributed by atoms with Gasteiger partial charge in [-0.15, -0.1) is 0 Å². The molecule has 0 aromatic heterocycles. The second kappa shape index (κ2) is 17.7. The zero-order chi connectivity index (χ0) is 32.0. The fraction of sp³-hybridized carbons (Fsp3) is 0.351. The van der Waals surface area contributed by atoms with Crippen LogP contribution >= 0.6 is 7.60 Å². The minimum Gasteiger partial charge on any atom is -0.374 e. The van der Waals surface area contributed by atoms with Crippen molar-refractivity contribution in [3.05, 3.63) is 144 Å². The maximum Gasteiger partial charge on any atom is 0.332 e. The Bertz CT molecular complexity index is 1450. The Hall–Kier alpha value is -3.17. The molecule has 1 saturated heterocycles. The number of benzene rings is 4. The first-order valence-corrected chi connectivity index (χ1v) is 17.2. The van der Waals surface area contributed by atoms with E-state index in [4.69, 9.17) is 32.7 Å². The van der Waals surface area contributed by atoms with Crippen molar-refractivity contribution in [1.29, 1.82) is 0 Å². The van der Waals surface area contributed by atoms with Crippen molar-refractivity contribution >= 4 is 7.60 Å². The van der Waals surface area contributed by atoms with Crippen LogP contribution < -0.4 is 0 Å². The van der Waals surface area contributed by atoms with Gasteiger partial charge >= 0.3 is 7.60 Å². The Morgan fingerprint density at radius 2 is 0.891 bits per heavy atom. The van der Waals surface area contributed by atoms with E-state index in [9.17, 15) is 4.57 Å². The quantitative estimate of drug-likeness (QED) is 0.111. The minimum atomic E-state index is -3.51. The standard InChI is InChI=1S/C37H43O8P/c1-39-46(38,40-2)28-34-36(43-25-31-19-11-5-12-20-31)37(44-26-32-21-13-6-14-22-32)35(42-24-30-17-9-4-10-18-30)33(45-34)27-41-23-29-15-7-3-8-16-29/h3-22,33-37H,23-28H2,1-2H3/t33-,34+,35+,36+,37+/m1/s1. The molecule has 8 nitrogen and oxygen atoms in total. The van der Waals surface area contributed by atoms with Crippen LogP contribution in [0.5, 0.6) is 0 Å².